The predicted octanol–water partition coefficient (Wildman–Crippen LogP) is 4.06. The number of aryl methyl sites for hydroxylation is 1. The fraction of sp³-hybridized carbons (Fsp3) is 0.316. The summed E-state index contributed by atoms with van der Waals surface area (Å²) in [5.74, 6) is 1.10. The number of carbonyl (C=O) groups excluding carboxylic acids is 1. The molecule has 1 heterocycles. The Morgan fingerprint density at radius 3 is 2.68 bits per heavy atom. The summed E-state index contributed by atoms with van der Waals surface area (Å²) in [6.45, 7) is 6.28. The van der Waals surface area contributed by atoms with Gasteiger partial charge in [0.25, 0.3) is 5.91 Å². The second kappa shape index (κ2) is 5.84. The average molecular weight is 295 g/mol. The van der Waals surface area contributed by atoms with Gasteiger partial charge in [-0.2, -0.15) is 0 Å². The number of benzene rings is 2. The standard InChI is InChI=1S/C19H21NO2/c1-12(2)15-9-6-7-13(3)18(15)20-19(21)17-11-14-8-4-5-10-16(14)22-17/h4-10,12,17H,11H2,1-3H3,(H,20,21)/t17-/m0/s1. The van der Waals surface area contributed by atoms with Gasteiger partial charge in [0, 0.05) is 12.1 Å². The molecule has 0 fully saturated rings. The molecular weight excluding hydrogens is 274 g/mol. The first-order chi connectivity index (χ1) is 10.6. The summed E-state index contributed by atoms with van der Waals surface area (Å²) in [7, 11) is 0. The molecule has 0 bridgehead atoms. The smallest absolute Gasteiger partial charge is 0.265 e. The average Bonchev–Trinajstić information content (AvgIpc) is 2.93. The summed E-state index contributed by atoms with van der Waals surface area (Å²) >= 11 is 0. The first-order valence-electron chi connectivity index (χ1n) is 7.71. The minimum atomic E-state index is -0.447. The van der Waals surface area contributed by atoms with Crippen molar-refractivity contribution in [2.45, 2.75) is 39.2 Å². The number of para-hydroxylation sites is 2. The molecule has 2 aromatic carbocycles. The van der Waals surface area contributed by atoms with Crippen LogP contribution in [-0.2, 0) is 11.2 Å². The van der Waals surface area contributed by atoms with Crippen molar-refractivity contribution in [3.05, 3.63) is 59.2 Å². The van der Waals surface area contributed by atoms with Crippen LogP contribution >= 0.6 is 0 Å². The van der Waals surface area contributed by atoms with Crippen LogP contribution in [0.3, 0.4) is 0 Å². The molecule has 0 aliphatic carbocycles. The molecule has 1 aliphatic rings. The van der Waals surface area contributed by atoms with Crippen molar-refractivity contribution in [3.63, 3.8) is 0 Å². The van der Waals surface area contributed by atoms with Gasteiger partial charge in [-0.15, -0.1) is 0 Å². The fourth-order valence-electron chi connectivity index (χ4n) is 2.87. The van der Waals surface area contributed by atoms with Gasteiger partial charge in [0.1, 0.15) is 5.75 Å². The first-order valence-corrected chi connectivity index (χ1v) is 7.71. The van der Waals surface area contributed by atoms with E-state index < -0.39 is 6.10 Å². The van der Waals surface area contributed by atoms with Crippen LogP contribution in [0.1, 0.15) is 36.5 Å². The van der Waals surface area contributed by atoms with Crippen LogP contribution in [0.2, 0.25) is 0 Å². The van der Waals surface area contributed by atoms with E-state index >= 15 is 0 Å². The Morgan fingerprint density at radius 1 is 1.18 bits per heavy atom. The summed E-state index contributed by atoms with van der Waals surface area (Å²) in [6, 6.07) is 13.9. The highest BCUT2D eigenvalue weighted by atomic mass is 16.5. The zero-order valence-corrected chi connectivity index (χ0v) is 13.2. The lowest BCUT2D eigenvalue weighted by atomic mass is 9.98. The van der Waals surface area contributed by atoms with Gasteiger partial charge in [-0.25, -0.2) is 0 Å². The molecular formula is C19H21NO2. The van der Waals surface area contributed by atoms with Crippen molar-refractivity contribution < 1.29 is 9.53 Å². The van der Waals surface area contributed by atoms with Gasteiger partial charge >= 0.3 is 0 Å². The van der Waals surface area contributed by atoms with Crippen molar-refractivity contribution in [2.75, 3.05) is 5.32 Å². The normalized spacial score (nSPS) is 16.3. The molecule has 0 saturated carbocycles. The molecule has 1 aliphatic heterocycles. The molecule has 1 N–H and O–H groups in total. The number of ether oxygens (including phenoxy) is 1. The van der Waals surface area contributed by atoms with Gasteiger partial charge in [0.2, 0.25) is 0 Å². The van der Waals surface area contributed by atoms with Gasteiger partial charge in [-0.05, 0) is 35.6 Å². The molecule has 3 rings (SSSR count). The minimum absolute atomic E-state index is 0.0765. The Hall–Kier alpha value is -2.29. The molecule has 0 saturated heterocycles. The van der Waals surface area contributed by atoms with Crippen molar-refractivity contribution in [1.29, 1.82) is 0 Å². The van der Waals surface area contributed by atoms with E-state index in [2.05, 4.69) is 25.2 Å². The van der Waals surface area contributed by atoms with E-state index in [1.54, 1.807) is 0 Å². The Bertz CT molecular complexity index is 681. The van der Waals surface area contributed by atoms with E-state index in [1.807, 2.05) is 43.3 Å². The zero-order valence-electron chi connectivity index (χ0n) is 13.2. The highest BCUT2D eigenvalue weighted by Crippen LogP contribution is 2.31. The molecule has 1 amide bonds. The van der Waals surface area contributed by atoms with Gasteiger partial charge < -0.3 is 10.1 Å². The summed E-state index contributed by atoms with van der Waals surface area (Å²) in [5, 5.41) is 3.07. The fourth-order valence-corrected chi connectivity index (χ4v) is 2.87. The Morgan fingerprint density at radius 2 is 1.95 bits per heavy atom. The number of rotatable bonds is 3. The van der Waals surface area contributed by atoms with Crippen molar-refractivity contribution in [1.82, 2.24) is 0 Å². The SMILES string of the molecule is Cc1cccc(C(C)C)c1NC(=O)[C@@H]1Cc2ccccc2O1. The lowest BCUT2D eigenvalue weighted by molar-refractivity contribution is -0.122. The van der Waals surface area contributed by atoms with Crippen LogP contribution in [0.25, 0.3) is 0 Å². The van der Waals surface area contributed by atoms with Crippen LogP contribution in [0.5, 0.6) is 5.75 Å². The number of anilines is 1. The highest BCUT2D eigenvalue weighted by Gasteiger charge is 2.29. The molecule has 0 aromatic heterocycles. The number of hydrogen-bond acceptors (Lipinski definition) is 2. The van der Waals surface area contributed by atoms with Crippen molar-refractivity contribution >= 4 is 11.6 Å². The maximum Gasteiger partial charge on any atom is 0.265 e. The highest BCUT2D eigenvalue weighted by molar-refractivity contribution is 5.96. The van der Waals surface area contributed by atoms with E-state index in [-0.39, 0.29) is 5.91 Å². The summed E-state index contributed by atoms with van der Waals surface area (Å²) in [4.78, 5) is 12.6. The van der Waals surface area contributed by atoms with Gasteiger partial charge in [-0.1, -0.05) is 50.2 Å². The summed E-state index contributed by atoms with van der Waals surface area (Å²) in [5.41, 5.74) is 4.25. The molecule has 3 heteroatoms. The number of carbonyl (C=O) groups is 1. The Kier molecular flexibility index (Phi) is 3.88. The van der Waals surface area contributed by atoms with Gasteiger partial charge in [-0.3, -0.25) is 4.79 Å². The molecule has 0 spiro atoms. The van der Waals surface area contributed by atoms with E-state index in [0.29, 0.717) is 12.3 Å². The predicted molar refractivity (Wildman–Crippen MR) is 88.5 cm³/mol. The van der Waals surface area contributed by atoms with Gasteiger partial charge in [0.15, 0.2) is 6.10 Å². The van der Waals surface area contributed by atoms with Crippen molar-refractivity contribution in [3.8, 4) is 5.75 Å². The van der Waals surface area contributed by atoms with E-state index in [4.69, 9.17) is 4.74 Å². The third kappa shape index (κ3) is 2.71. The monoisotopic (exact) mass is 295 g/mol. The van der Waals surface area contributed by atoms with E-state index in [9.17, 15) is 4.79 Å². The lowest BCUT2D eigenvalue weighted by Gasteiger charge is -2.18. The number of hydrogen-bond donors (Lipinski definition) is 1. The van der Waals surface area contributed by atoms with Crippen LogP contribution in [0.4, 0.5) is 5.69 Å². The number of fused-ring (bicyclic) bond motifs is 1. The molecule has 2 aromatic rings. The zero-order chi connectivity index (χ0) is 15.7. The quantitative estimate of drug-likeness (QED) is 0.927. The maximum atomic E-state index is 12.6. The summed E-state index contributed by atoms with van der Waals surface area (Å²) in [6.07, 6.45) is 0.183. The van der Waals surface area contributed by atoms with E-state index in [1.165, 1.54) is 0 Å². The summed E-state index contributed by atoms with van der Waals surface area (Å²) < 4.78 is 5.77. The Balaban J connectivity index is 1.79. The van der Waals surface area contributed by atoms with Crippen LogP contribution in [0.15, 0.2) is 42.5 Å². The van der Waals surface area contributed by atoms with Crippen LogP contribution in [-0.4, -0.2) is 12.0 Å². The first kappa shape index (κ1) is 14.6. The van der Waals surface area contributed by atoms with Crippen molar-refractivity contribution in [2.24, 2.45) is 0 Å². The number of amides is 1. The van der Waals surface area contributed by atoms with Crippen LogP contribution in [0, 0.1) is 6.92 Å². The third-order valence-electron chi connectivity index (χ3n) is 4.11. The molecule has 22 heavy (non-hydrogen) atoms. The number of nitrogens with one attached hydrogen (secondary N) is 1. The maximum absolute atomic E-state index is 12.6. The third-order valence-corrected chi connectivity index (χ3v) is 4.11. The minimum Gasteiger partial charge on any atom is -0.480 e. The molecule has 0 radical (unpaired) electrons. The molecule has 114 valence electrons. The lowest BCUT2D eigenvalue weighted by Crippen LogP contribution is -2.32. The van der Waals surface area contributed by atoms with Crippen LogP contribution < -0.4 is 10.1 Å². The topological polar surface area (TPSA) is 38.3 Å². The molecule has 1 atom stereocenters. The largest absolute Gasteiger partial charge is 0.480 e. The molecule has 0 unspecified atom stereocenters. The second-order valence-corrected chi connectivity index (χ2v) is 6.10. The molecule has 3 nitrogen and oxygen atoms in total. The Labute approximate surface area is 131 Å². The second-order valence-electron chi connectivity index (χ2n) is 6.10. The van der Waals surface area contributed by atoms with Gasteiger partial charge in [0.05, 0.1) is 0 Å². The van der Waals surface area contributed by atoms with E-state index in [0.717, 1.165) is 28.1 Å².